The first kappa shape index (κ1) is 30.2. The highest BCUT2D eigenvalue weighted by Crippen LogP contribution is 2.28. The molecule has 0 spiro atoms. The molecule has 0 aliphatic carbocycles. The molecular formula is C21H36N2O7S2. The molecule has 1 aromatic rings. The van der Waals surface area contributed by atoms with E-state index in [1.54, 1.807) is 12.1 Å². The molecule has 0 aliphatic heterocycles. The Morgan fingerprint density at radius 2 is 1.44 bits per heavy atom. The summed E-state index contributed by atoms with van der Waals surface area (Å²) in [5.74, 6) is -2.26. The summed E-state index contributed by atoms with van der Waals surface area (Å²) in [7, 11) is -8.75. The van der Waals surface area contributed by atoms with E-state index < -0.39 is 56.2 Å². The third kappa shape index (κ3) is 12.3. The summed E-state index contributed by atoms with van der Waals surface area (Å²) in [5.41, 5.74) is 0.311. The summed E-state index contributed by atoms with van der Waals surface area (Å²) in [5, 5.41) is 0. The number of amides is 1. The molecule has 0 saturated heterocycles. The topological polar surface area (TPSA) is 142 Å². The Kier molecular flexibility index (Phi) is 11.2. The van der Waals surface area contributed by atoms with Crippen molar-refractivity contribution in [3.8, 4) is 0 Å². The van der Waals surface area contributed by atoms with Gasteiger partial charge in [0.2, 0.25) is 0 Å². The summed E-state index contributed by atoms with van der Waals surface area (Å²) in [6.45, 7) is 13.2. The molecule has 0 unspecified atom stereocenters. The predicted molar refractivity (Wildman–Crippen MR) is 126 cm³/mol. The average Bonchev–Trinajstić information content (AvgIpc) is 2.65. The minimum Gasteiger partial charge on any atom is -0.335 e. The molecule has 1 rings (SSSR count). The molecule has 0 aliphatic rings. The van der Waals surface area contributed by atoms with Crippen LogP contribution in [0.1, 0.15) is 64.5 Å². The Morgan fingerprint density at radius 1 is 0.969 bits per heavy atom. The van der Waals surface area contributed by atoms with Gasteiger partial charge in [-0.25, -0.2) is 0 Å². The van der Waals surface area contributed by atoms with Crippen LogP contribution >= 0.6 is 0 Å². The van der Waals surface area contributed by atoms with Gasteiger partial charge in [0, 0.05) is 24.7 Å². The molecule has 0 fully saturated rings. The molecule has 11 heteroatoms. The summed E-state index contributed by atoms with van der Waals surface area (Å²) < 4.78 is 62.2. The van der Waals surface area contributed by atoms with Crippen molar-refractivity contribution in [2.24, 2.45) is 5.41 Å². The van der Waals surface area contributed by atoms with E-state index in [9.17, 15) is 21.6 Å². The summed E-state index contributed by atoms with van der Waals surface area (Å²) in [6, 6.07) is 3.31. The second-order valence-electron chi connectivity index (χ2n) is 8.72. The van der Waals surface area contributed by atoms with Gasteiger partial charge in [-0.1, -0.05) is 60.6 Å². The maximum Gasteiger partial charge on any atom is 0.272 e. The van der Waals surface area contributed by atoms with Crippen molar-refractivity contribution in [1.82, 2.24) is 9.88 Å². The Hall–Kier alpha value is -1.82. The van der Waals surface area contributed by atoms with Crippen molar-refractivity contribution in [3.63, 3.8) is 0 Å². The van der Waals surface area contributed by atoms with Crippen molar-refractivity contribution in [2.75, 3.05) is 24.6 Å². The van der Waals surface area contributed by atoms with Crippen molar-refractivity contribution in [3.05, 3.63) is 41.7 Å². The SMILES string of the molecule is CC.CC(C)(C)/C=C/C(C)(C)c1ccnc(C(=O)N(CCS(=O)(=O)O)CCS(=O)(=O)O)c1. The van der Waals surface area contributed by atoms with Crippen LogP contribution < -0.4 is 0 Å². The number of allylic oxidation sites excluding steroid dienone is 2. The highest BCUT2D eigenvalue weighted by Gasteiger charge is 2.24. The first-order valence-corrected chi connectivity index (χ1v) is 13.5. The second-order valence-corrected chi connectivity index (χ2v) is 11.9. The predicted octanol–water partition coefficient (Wildman–Crippen LogP) is 3.21. The van der Waals surface area contributed by atoms with E-state index in [4.69, 9.17) is 9.11 Å². The maximum absolute atomic E-state index is 12.9. The monoisotopic (exact) mass is 492 g/mol. The number of carbonyl (C=O) groups is 1. The molecular weight excluding hydrogens is 456 g/mol. The standard InChI is InChI=1S/C19H30N2O7S2.C2H6/c1-18(2,3)7-8-19(4,5)15-6-9-20-16(14-15)17(22)21(10-12-29(23,24)25)11-13-30(26,27)28;1-2/h6-9,14H,10-13H2,1-5H3,(H,23,24,25)(H,26,27,28);1-2H3/b8-7+;. The van der Waals surface area contributed by atoms with Gasteiger partial charge < -0.3 is 4.90 Å². The number of rotatable bonds is 9. The quantitative estimate of drug-likeness (QED) is 0.395. The molecule has 32 heavy (non-hydrogen) atoms. The van der Waals surface area contributed by atoms with Gasteiger partial charge in [-0.3, -0.25) is 18.9 Å². The van der Waals surface area contributed by atoms with Gasteiger partial charge in [-0.2, -0.15) is 16.8 Å². The Labute approximate surface area is 192 Å². The van der Waals surface area contributed by atoms with Crippen molar-refractivity contribution in [1.29, 1.82) is 0 Å². The van der Waals surface area contributed by atoms with E-state index in [1.807, 2.05) is 33.8 Å². The molecule has 1 aromatic heterocycles. The highest BCUT2D eigenvalue weighted by molar-refractivity contribution is 7.86. The lowest BCUT2D eigenvalue weighted by Gasteiger charge is -2.25. The van der Waals surface area contributed by atoms with Gasteiger partial charge in [0.1, 0.15) is 5.69 Å². The fourth-order valence-corrected chi connectivity index (χ4v) is 3.33. The molecule has 1 heterocycles. The van der Waals surface area contributed by atoms with Crippen LogP contribution in [0.2, 0.25) is 0 Å². The van der Waals surface area contributed by atoms with Crippen molar-refractivity contribution < 1.29 is 30.7 Å². The van der Waals surface area contributed by atoms with E-state index in [1.165, 1.54) is 6.20 Å². The van der Waals surface area contributed by atoms with Gasteiger partial charge in [0.05, 0.1) is 11.5 Å². The fourth-order valence-electron chi connectivity index (χ4n) is 2.43. The third-order valence-corrected chi connectivity index (χ3v) is 5.65. The zero-order valence-electron chi connectivity index (χ0n) is 19.9. The Balaban J connectivity index is 0.00000466. The Morgan fingerprint density at radius 3 is 1.84 bits per heavy atom. The van der Waals surface area contributed by atoms with E-state index in [2.05, 4.69) is 31.8 Å². The summed E-state index contributed by atoms with van der Waals surface area (Å²) in [4.78, 5) is 17.8. The zero-order chi connectivity index (χ0) is 25.4. The van der Waals surface area contributed by atoms with Crippen LogP contribution in [0.4, 0.5) is 0 Å². The molecule has 1 amide bonds. The molecule has 2 N–H and O–H groups in total. The van der Waals surface area contributed by atoms with Gasteiger partial charge >= 0.3 is 0 Å². The second kappa shape index (κ2) is 11.9. The molecule has 0 bridgehead atoms. The molecule has 184 valence electrons. The summed E-state index contributed by atoms with van der Waals surface area (Å²) in [6.07, 6.45) is 5.52. The fraction of sp³-hybridized carbons (Fsp3) is 0.619. The van der Waals surface area contributed by atoms with E-state index in [0.29, 0.717) is 0 Å². The molecule has 9 nitrogen and oxygen atoms in total. The molecule has 0 saturated carbocycles. The van der Waals surface area contributed by atoms with Gasteiger partial charge in [0.15, 0.2) is 0 Å². The normalized spacial score (nSPS) is 12.9. The Bertz CT molecular complexity index is 957. The van der Waals surface area contributed by atoms with E-state index >= 15 is 0 Å². The highest BCUT2D eigenvalue weighted by atomic mass is 32.2. The lowest BCUT2D eigenvalue weighted by molar-refractivity contribution is 0.0768. The first-order valence-electron chi connectivity index (χ1n) is 10.3. The minimum atomic E-state index is -4.38. The number of hydrogen-bond acceptors (Lipinski definition) is 6. The number of hydrogen-bond donors (Lipinski definition) is 2. The smallest absolute Gasteiger partial charge is 0.272 e. The lowest BCUT2D eigenvalue weighted by Crippen LogP contribution is -2.39. The molecule has 0 atom stereocenters. The van der Waals surface area contributed by atoms with E-state index in [-0.39, 0.29) is 11.1 Å². The van der Waals surface area contributed by atoms with Gasteiger partial charge in [0.25, 0.3) is 26.1 Å². The number of pyridine rings is 1. The van der Waals surface area contributed by atoms with Crippen LogP contribution in [-0.2, 0) is 25.7 Å². The van der Waals surface area contributed by atoms with Crippen LogP contribution in [0.3, 0.4) is 0 Å². The van der Waals surface area contributed by atoms with E-state index in [0.717, 1.165) is 10.5 Å². The third-order valence-electron chi connectivity index (χ3n) is 4.25. The number of nitrogens with zero attached hydrogens (tertiary/aromatic N) is 2. The average molecular weight is 493 g/mol. The number of carbonyl (C=O) groups excluding carboxylic acids is 1. The summed E-state index contributed by atoms with van der Waals surface area (Å²) >= 11 is 0. The van der Waals surface area contributed by atoms with Gasteiger partial charge in [-0.05, 0) is 23.1 Å². The van der Waals surface area contributed by atoms with Gasteiger partial charge in [-0.15, -0.1) is 0 Å². The van der Waals surface area contributed by atoms with Crippen LogP contribution in [0.15, 0.2) is 30.5 Å². The maximum atomic E-state index is 12.9. The number of aromatic nitrogens is 1. The molecule has 0 aromatic carbocycles. The minimum absolute atomic E-state index is 0.00425. The van der Waals surface area contributed by atoms with Crippen molar-refractivity contribution in [2.45, 2.75) is 53.9 Å². The zero-order valence-corrected chi connectivity index (χ0v) is 21.5. The van der Waals surface area contributed by atoms with Crippen LogP contribution in [0, 0.1) is 5.41 Å². The van der Waals surface area contributed by atoms with Crippen molar-refractivity contribution >= 4 is 26.1 Å². The molecule has 0 radical (unpaired) electrons. The first-order chi connectivity index (χ1) is 14.4. The van der Waals surface area contributed by atoms with Crippen LogP contribution in [-0.4, -0.2) is 66.3 Å². The lowest BCUT2D eigenvalue weighted by atomic mass is 9.82. The van der Waals surface area contributed by atoms with Crippen LogP contribution in [0.5, 0.6) is 0 Å². The van der Waals surface area contributed by atoms with Crippen LogP contribution in [0.25, 0.3) is 0 Å². The largest absolute Gasteiger partial charge is 0.335 e.